The monoisotopic (exact) mass is 1140 g/mol. The maximum atomic E-state index is 14.9. The van der Waals surface area contributed by atoms with Crippen molar-refractivity contribution in [2.24, 2.45) is 35.1 Å². The molecule has 2 aromatic rings. The van der Waals surface area contributed by atoms with E-state index < -0.39 is 131 Å². The Morgan fingerprint density at radius 3 is 1.05 bits per heavy atom. The Bertz CT molecular complexity index is 2330. The molecule has 0 saturated carbocycles. The summed E-state index contributed by atoms with van der Waals surface area (Å²) >= 11 is 0. The lowest BCUT2D eigenvalue weighted by atomic mass is 9.99. The second kappa shape index (κ2) is 32.0. The third-order valence-corrected chi connectivity index (χ3v) is 15.3. The molecule has 10 atom stereocenters. The average Bonchev–Trinajstić information content (AvgIpc) is 4.16. The summed E-state index contributed by atoms with van der Waals surface area (Å²) in [7, 11) is 0. The molecule has 3 heterocycles. The van der Waals surface area contributed by atoms with Gasteiger partial charge in [-0.3, -0.25) is 47.9 Å². The van der Waals surface area contributed by atoms with Crippen LogP contribution in [0.3, 0.4) is 0 Å². The van der Waals surface area contributed by atoms with Crippen LogP contribution >= 0.6 is 0 Å². The molecule has 82 heavy (non-hydrogen) atoms. The highest BCUT2D eigenvalue weighted by Crippen LogP contribution is 2.24. The number of rotatable bonds is 16. The van der Waals surface area contributed by atoms with Crippen LogP contribution in [0.4, 0.5) is 0 Å². The molecule has 3 saturated heterocycles. The number of hydrogen-bond donors (Lipinski definition) is 10. The van der Waals surface area contributed by atoms with E-state index in [2.05, 4.69) is 42.5 Å². The van der Waals surface area contributed by atoms with Crippen molar-refractivity contribution in [3.8, 4) is 0 Å². The molecule has 0 aromatic heterocycles. The summed E-state index contributed by atoms with van der Waals surface area (Å²) in [5.41, 5.74) is 13.3. The molecule has 0 spiro atoms. The normalized spacial score (nSPS) is 26.6. The first kappa shape index (κ1) is 65.9. The number of benzene rings is 2. The highest BCUT2D eigenvalue weighted by molar-refractivity contribution is 6.00. The van der Waals surface area contributed by atoms with E-state index >= 15 is 0 Å². The molecule has 10 amide bonds. The van der Waals surface area contributed by atoms with Crippen molar-refractivity contribution in [1.82, 2.24) is 52.3 Å². The van der Waals surface area contributed by atoms with E-state index in [0.717, 1.165) is 0 Å². The van der Waals surface area contributed by atoms with Crippen molar-refractivity contribution in [3.63, 3.8) is 0 Å². The van der Waals surface area contributed by atoms with Crippen LogP contribution in [0.15, 0.2) is 60.7 Å². The fourth-order valence-corrected chi connectivity index (χ4v) is 10.9. The fraction of sp³-hybridized carbons (Fsp3) is 0.633. The van der Waals surface area contributed by atoms with Gasteiger partial charge in [-0.15, -0.1) is 0 Å². The van der Waals surface area contributed by atoms with Crippen molar-refractivity contribution < 1.29 is 47.9 Å². The van der Waals surface area contributed by atoms with Crippen molar-refractivity contribution >= 4 is 59.1 Å². The van der Waals surface area contributed by atoms with Crippen LogP contribution in [0.2, 0.25) is 0 Å². The number of nitrogens with one attached hydrogen (secondary N) is 8. The highest BCUT2D eigenvalue weighted by atomic mass is 16.2. The van der Waals surface area contributed by atoms with E-state index in [0.29, 0.717) is 36.8 Å². The zero-order chi connectivity index (χ0) is 60.2. The zero-order valence-electron chi connectivity index (χ0n) is 49.3. The quantitative estimate of drug-likeness (QED) is 0.114. The third-order valence-electron chi connectivity index (χ3n) is 15.3. The Kier molecular flexibility index (Phi) is 25.7. The van der Waals surface area contributed by atoms with Crippen LogP contribution in [0.1, 0.15) is 131 Å². The van der Waals surface area contributed by atoms with E-state index in [9.17, 15) is 47.9 Å². The molecule has 0 aliphatic carbocycles. The molecular weight excluding hydrogens is 1050 g/mol. The van der Waals surface area contributed by atoms with Gasteiger partial charge in [-0.05, 0) is 112 Å². The minimum Gasteiger partial charge on any atom is -0.343 e. The van der Waals surface area contributed by atoms with Crippen molar-refractivity contribution in [1.29, 1.82) is 0 Å². The topological polar surface area (TPSA) is 325 Å². The number of amides is 10. The van der Waals surface area contributed by atoms with Gasteiger partial charge in [-0.25, -0.2) is 0 Å². The SMILES string of the molecule is CC(C)C[C@@H]1NC(=O)[C@H](CCCN)NC(=O)[C@H](C(C)C)NC(=O)C2CCCN2C(=O)[C@@H](Cc2ccccc2)NC(=O)[C@H](CC(C)C)NC(=O)[C@H](CCCN)NC(=O)[C@H](C(C)C)NC(=O)C2CCCN2C(=O)[C@@H](Cc2ccccc2)NC1=O. The molecule has 12 N–H and O–H groups in total. The summed E-state index contributed by atoms with van der Waals surface area (Å²) in [5, 5.41) is 22.8. The first-order valence-electron chi connectivity index (χ1n) is 29.5. The van der Waals surface area contributed by atoms with Crippen molar-refractivity contribution in [2.75, 3.05) is 26.2 Å². The molecule has 3 fully saturated rings. The molecule has 22 heteroatoms. The Hall–Kier alpha value is -6.94. The predicted molar refractivity (Wildman–Crippen MR) is 310 cm³/mol. The first-order valence-corrected chi connectivity index (χ1v) is 29.5. The largest absolute Gasteiger partial charge is 0.343 e. The molecule has 0 radical (unpaired) electrons. The van der Waals surface area contributed by atoms with Gasteiger partial charge >= 0.3 is 0 Å². The number of carbonyl (C=O) groups is 10. The Morgan fingerprint density at radius 2 is 0.732 bits per heavy atom. The van der Waals surface area contributed by atoms with Crippen LogP contribution in [-0.2, 0) is 60.8 Å². The molecule has 2 aromatic carbocycles. The molecule has 452 valence electrons. The Labute approximate surface area is 483 Å². The van der Waals surface area contributed by atoms with Gasteiger partial charge in [0.2, 0.25) is 59.1 Å². The van der Waals surface area contributed by atoms with Gasteiger partial charge < -0.3 is 63.8 Å². The highest BCUT2D eigenvalue weighted by Gasteiger charge is 2.43. The lowest BCUT2D eigenvalue weighted by molar-refractivity contribution is -0.143. The van der Waals surface area contributed by atoms with Crippen LogP contribution in [0.25, 0.3) is 0 Å². The van der Waals surface area contributed by atoms with Crippen molar-refractivity contribution in [2.45, 2.75) is 193 Å². The summed E-state index contributed by atoms with van der Waals surface area (Å²) < 4.78 is 0. The van der Waals surface area contributed by atoms with Gasteiger partial charge in [-0.1, -0.05) is 116 Å². The van der Waals surface area contributed by atoms with Gasteiger partial charge in [0.05, 0.1) is 0 Å². The molecular formula is C60H92N12O10. The summed E-state index contributed by atoms with van der Waals surface area (Å²) in [4.78, 5) is 149. The van der Waals surface area contributed by atoms with E-state index in [1.807, 2.05) is 39.8 Å². The van der Waals surface area contributed by atoms with Crippen LogP contribution in [-0.4, -0.2) is 155 Å². The van der Waals surface area contributed by atoms with E-state index in [-0.39, 0.29) is 89.4 Å². The molecule has 3 aliphatic heterocycles. The second-order valence-corrected chi connectivity index (χ2v) is 23.7. The summed E-state index contributed by atoms with van der Waals surface area (Å²) in [6.45, 7) is 15.0. The molecule has 5 rings (SSSR count). The standard InChI is InChI=1S/C60H92N12O10/c1-35(2)31-43-53(75)67-45(33-39-19-11-9-12-20-39)59(81)71-29-17-25-47(71)55(77)70-50(38(7)8)58(80)64-42(24-16-28-62)52(74)66-44(32-36(3)4)54(76)68-46(34-40-21-13-10-14-22-40)60(82)72-30-18-26-48(72)56(78)69-49(37(5)6)57(79)63-41(23-15-27-61)51(73)65-43/h9-14,19-22,35-38,41-50H,15-18,23-34,61-62H2,1-8H3,(H,63,79)(H,64,80)(H,65,73)(H,66,74)(H,67,75)(H,68,76)(H,69,78)(H,70,77)/t41-,42-,43-,44-,45+,46+,47?,48?,49-,50-/m0/s1. The maximum absolute atomic E-state index is 14.9. The first-order chi connectivity index (χ1) is 39.0. The number of carbonyl (C=O) groups excluding carboxylic acids is 10. The van der Waals surface area contributed by atoms with Crippen LogP contribution in [0.5, 0.6) is 0 Å². The Balaban J connectivity index is 1.58. The molecule has 3 aliphatic rings. The summed E-state index contributed by atoms with van der Waals surface area (Å²) in [6, 6.07) is 6.30. The number of fused-ring (bicyclic) bond motifs is 2. The average molecular weight is 1140 g/mol. The van der Waals surface area contributed by atoms with Crippen LogP contribution < -0.4 is 54.0 Å². The Morgan fingerprint density at radius 1 is 0.415 bits per heavy atom. The van der Waals surface area contributed by atoms with Gasteiger partial charge in [0.15, 0.2) is 0 Å². The van der Waals surface area contributed by atoms with Crippen LogP contribution in [0, 0.1) is 23.7 Å². The number of nitrogens with zero attached hydrogens (tertiary/aromatic N) is 2. The lowest BCUT2D eigenvalue weighted by Crippen LogP contribution is -2.62. The van der Waals surface area contributed by atoms with Crippen molar-refractivity contribution in [3.05, 3.63) is 71.8 Å². The van der Waals surface area contributed by atoms with E-state index in [1.54, 1.807) is 76.2 Å². The molecule has 0 bridgehead atoms. The minimum atomic E-state index is -1.22. The van der Waals surface area contributed by atoms with Gasteiger partial charge in [0, 0.05) is 25.9 Å². The summed E-state index contributed by atoms with van der Waals surface area (Å²) in [6.07, 6.45) is 2.45. The third kappa shape index (κ3) is 19.1. The zero-order valence-corrected chi connectivity index (χ0v) is 49.3. The number of hydrogen-bond acceptors (Lipinski definition) is 12. The van der Waals surface area contributed by atoms with Gasteiger partial charge in [0.1, 0.15) is 60.4 Å². The molecule has 2 unspecified atom stereocenters. The van der Waals surface area contributed by atoms with E-state index in [1.165, 1.54) is 9.80 Å². The van der Waals surface area contributed by atoms with Gasteiger partial charge in [-0.2, -0.15) is 0 Å². The minimum absolute atomic E-state index is 0.0279. The second-order valence-electron chi connectivity index (χ2n) is 23.7. The maximum Gasteiger partial charge on any atom is 0.246 e. The lowest BCUT2D eigenvalue weighted by Gasteiger charge is -2.33. The smallest absolute Gasteiger partial charge is 0.246 e. The van der Waals surface area contributed by atoms with E-state index in [4.69, 9.17) is 11.5 Å². The fourth-order valence-electron chi connectivity index (χ4n) is 10.9. The predicted octanol–water partition coefficient (Wildman–Crippen LogP) is 1.23. The molecule has 22 nitrogen and oxygen atoms in total. The van der Waals surface area contributed by atoms with Gasteiger partial charge in [0.25, 0.3) is 0 Å². The summed E-state index contributed by atoms with van der Waals surface area (Å²) in [5.74, 6) is -7.75. The number of nitrogens with two attached hydrogens (primary N) is 2.